The van der Waals surface area contributed by atoms with Crippen molar-refractivity contribution < 1.29 is 9.90 Å². The SMILES string of the molecule is CN(Cc1cccc(C(=O)O)c1)Cc1ccccc1N(C)C. The van der Waals surface area contributed by atoms with E-state index in [1.165, 1.54) is 11.3 Å². The molecular weight excluding hydrogens is 276 g/mol. The van der Waals surface area contributed by atoms with Crippen LogP contribution in [0.25, 0.3) is 0 Å². The normalized spacial score (nSPS) is 10.7. The molecule has 0 spiro atoms. The third-order valence-electron chi connectivity index (χ3n) is 3.54. The van der Waals surface area contributed by atoms with Crippen LogP contribution in [-0.4, -0.2) is 37.1 Å². The Morgan fingerprint density at radius 2 is 1.73 bits per heavy atom. The molecular formula is C18H22N2O2. The second-order valence-corrected chi connectivity index (χ2v) is 5.70. The Balaban J connectivity index is 2.09. The minimum Gasteiger partial charge on any atom is -0.478 e. The van der Waals surface area contributed by atoms with Crippen LogP contribution in [0, 0.1) is 0 Å². The van der Waals surface area contributed by atoms with E-state index in [0.717, 1.165) is 12.1 Å². The minimum absolute atomic E-state index is 0.333. The molecule has 0 unspecified atom stereocenters. The Kier molecular flexibility index (Phi) is 5.17. The summed E-state index contributed by atoms with van der Waals surface area (Å²) in [4.78, 5) is 15.3. The van der Waals surface area contributed by atoms with Crippen molar-refractivity contribution in [2.24, 2.45) is 0 Å². The van der Waals surface area contributed by atoms with E-state index in [1.807, 2.05) is 39.3 Å². The summed E-state index contributed by atoms with van der Waals surface area (Å²) in [6, 6.07) is 15.4. The number of anilines is 1. The summed E-state index contributed by atoms with van der Waals surface area (Å²) in [5, 5.41) is 9.06. The number of nitrogens with zero attached hydrogens (tertiary/aromatic N) is 2. The number of para-hydroxylation sites is 1. The summed E-state index contributed by atoms with van der Waals surface area (Å²) in [6.45, 7) is 1.52. The molecule has 0 aliphatic heterocycles. The van der Waals surface area contributed by atoms with Crippen molar-refractivity contribution in [2.75, 3.05) is 26.0 Å². The third-order valence-corrected chi connectivity index (χ3v) is 3.54. The van der Waals surface area contributed by atoms with Crippen molar-refractivity contribution in [2.45, 2.75) is 13.1 Å². The maximum atomic E-state index is 11.0. The van der Waals surface area contributed by atoms with Gasteiger partial charge in [-0.05, 0) is 36.4 Å². The maximum Gasteiger partial charge on any atom is 0.335 e. The number of aromatic carboxylic acids is 1. The van der Waals surface area contributed by atoms with Gasteiger partial charge < -0.3 is 10.0 Å². The third kappa shape index (κ3) is 4.09. The van der Waals surface area contributed by atoms with Gasteiger partial charge in [0.1, 0.15) is 0 Å². The van der Waals surface area contributed by atoms with Gasteiger partial charge in [0.2, 0.25) is 0 Å². The zero-order valence-electron chi connectivity index (χ0n) is 13.3. The highest BCUT2D eigenvalue weighted by Crippen LogP contribution is 2.20. The smallest absolute Gasteiger partial charge is 0.335 e. The van der Waals surface area contributed by atoms with Crippen molar-refractivity contribution in [1.82, 2.24) is 4.90 Å². The molecule has 0 heterocycles. The van der Waals surface area contributed by atoms with E-state index in [9.17, 15) is 4.79 Å². The Morgan fingerprint density at radius 1 is 1.00 bits per heavy atom. The Hall–Kier alpha value is -2.33. The van der Waals surface area contributed by atoms with Crippen molar-refractivity contribution >= 4 is 11.7 Å². The van der Waals surface area contributed by atoms with Crippen molar-refractivity contribution in [1.29, 1.82) is 0 Å². The van der Waals surface area contributed by atoms with Gasteiger partial charge in [-0.1, -0.05) is 30.3 Å². The number of rotatable bonds is 6. The highest BCUT2D eigenvalue weighted by molar-refractivity contribution is 5.87. The fourth-order valence-corrected chi connectivity index (χ4v) is 2.54. The number of hydrogen-bond acceptors (Lipinski definition) is 3. The molecule has 0 fully saturated rings. The lowest BCUT2D eigenvalue weighted by molar-refractivity contribution is 0.0696. The lowest BCUT2D eigenvalue weighted by Crippen LogP contribution is -2.20. The van der Waals surface area contributed by atoms with E-state index < -0.39 is 5.97 Å². The molecule has 0 bridgehead atoms. The van der Waals surface area contributed by atoms with E-state index in [1.54, 1.807) is 18.2 Å². The molecule has 0 atom stereocenters. The highest BCUT2D eigenvalue weighted by atomic mass is 16.4. The fourth-order valence-electron chi connectivity index (χ4n) is 2.54. The van der Waals surface area contributed by atoms with Crippen LogP contribution in [0.15, 0.2) is 48.5 Å². The first kappa shape index (κ1) is 16.0. The summed E-state index contributed by atoms with van der Waals surface area (Å²) in [6.07, 6.45) is 0. The van der Waals surface area contributed by atoms with Crippen LogP contribution in [0.4, 0.5) is 5.69 Å². The largest absolute Gasteiger partial charge is 0.478 e. The van der Waals surface area contributed by atoms with E-state index in [-0.39, 0.29) is 0 Å². The van der Waals surface area contributed by atoms with Gasteiger partial charge in [0, 0.05) is 32.9 Å². The first-order valence-electron chi connectivity index (χ1n) is 7.23. The van der Waals surface area contributed by atoms with Crippen LogP contribution < -0.4 is 4.90 Å². The summed E-state index contributed by atoms with van der Waals surface area (Å²) < 4.78 is 0. The molecule has 2 rings (SSSR count). The fraction of sp³-hybridized carbons (Fsp3) is 0.278. The van der Waals surface area contributed by atoms with Gasteiger partial charge in [-0.3, -0.25) is 4.90 Å². The molecule has 4 nitrogen and oxygen atoms in total. The number of carboxylic acid groups (broad SMARTS) is 1. The van der Waals surface area contributed by atoms with Crippen LogP contribution >= 0.6 is 0 Å². The molecule has 0 aromatic heterocycles. The van der Waals surface area contributed by atoms with Crippen molar-refractivity contribution in [3.63, 3.8) is 0 Å². The number of benzene rings is 2. The van der Waals surface area contributed by atoms with Gasteiger partial charge in [0.15, 0.2) is 0 Å². The average molecular weight is 298 g/mol. The zero-order valence-corrected chi connectivity index (χ0v) is 13.3. The lowest BCUT2D eigenvalue weighted by Gasteiger charge is -2.22. The van der Waals surface area contributed by atoms with E-state index in [4.69, 9.17) is 5.11 Å². The first-order chi connectivity index (χ1) is 10.5. The van der Waals surface area contributed by atoms with Crippen LogP contribution in [-0.2, 0) is 13.1 Å². The molecule has 22 heavy (non-hydrogen) atoms. The number of carbonyl (C=O) groups is 1. The first-order valence-corrected chi connectivity index (χ1v) is 7.23. The summed E-state index contributed by atoms with van der Waals surface area (Å²) in [5.41, 5.74) is 3.79. The number of carboxylic acids is 1. The minimum atomic E-state index is -0.887. The van der Waals surface area contributed by atoms with Crippen LogP contribution in [0.2, 0.25) is 0 Å². The highest BCUT2D eigenvalue weighted by Gasteiger charge is 2.09. The van der Waals surface area contributed by atoms with Crippen LogP contribution in [0.3, 0.4) is 0 Å². The van der Waals surface area contributed by atoms with Crippen molar-refractivity contribution in [3.05, 3.63) is 65.2 Å². The molecule has 2 aromatic carbocycles. The van der Waals surface area contributed by atoms with Gasteiger partial charge in [0.25, 0.3) is 0 Å². The van der Waals surface area contributed by atoms with Crippen LogP contribution in [0.1, 0.15) is 21.5 Å². The molecule has 0 amide bonds. The van der Waals surface area contributed by atoms with Crippen molar-refractivity contribution in [3.8, 4) is 0 Å². The lowest BCUT2D eigenvalue weighted by atomic mass is 10.1. The van der Waals surface area contributed by atoms with E-state index in [2.05, 4.69) is 21.9 Å². The monoisotopic (exact) mass is 298 g/mol. The Bertz CT molecular complexity index is 653. The summed E-state index contributed by atoms with van der Waals surface area (Å²) in [5.74, 6) is -0.887. The molecule has 1 N–H and O–H groups in total. The maximum absolute atomic E-state index is 11.0. The average Bonchev–Trinajstić information content (AvgIpc) is 2.47. The second kappa shape index (κ2) is 7.09. The second-order valence-electron chi connectivity index (χ2n) is 5.70. The molecule has 116 valence electrons. The summed E-state index contributed by atoms with van der Waals surface area (Å²) >= 11 is 0. The Morgan fingerprint density at radius 3 is 2.41 bits per heavy atom. The predicted octanol–water partition coefficient (Wildman–Crippen LogP) is 3.08. The molecule has 0 saturated heterocycles. The molecule has 0 radical (unpaired) electrons. The molecule has 2 aromatic rings. The molecule has 0 aliphatic rings. The zero-order chi connectivity index (χ0) is 16.1. The predicted molar refractivity (Wildman–Crippen MR) is 89.3 cm³/mol. The molecule has 0 saturated carbocycles. The summed E-state index contributed by atoms with van der Waals surface area (Å²) in [7, 11) is 6.12. The van der Waals surface area contributed by atoms with Gasteiger partial charge in [0.05, 0.1) is 5.56 Å². The van der Waals surface area contributed by atoms with Gasteiger partial charge in [-0.2, -0.15) is 0 Å². The van der Waals surface area contributed by atoms with Gasteiger partial charge in [-0.25, -0.2) is 4.79 Å². The number of hydrogen-bond donors (Lipinski definition) is 1. The molecule has 4 heteroatoms. The molecule has 0 aliphatic carbocycles. The van der Waals surface area contributed by atoms with E-state index >= 15 is 0 Å². The quantitative estimate of drug-likeness (QED) is 0.890. The van der Waals surface area contributed by atoms with Gasteiger partial charge in [-0.15, -0.1) is 0 Å². The van der Waals surface area contributed by atoms with E-state index in [0.29, 0.717) is 12.1 Å². The standard InChI is InChI=1S/C18H22N2O2/c1-19(2)17-10-5-4-8-16(17)13-20(3)12-14-7-6-9-15(11-14)18(21)22/h4-11H,12-13H2,1-3H3,(H,21,22). The topological polar surface area (TPSA) is 43.8 Å². The van der Waals surface area contributed by atoms with Gasteiger partial charge >= 0.3 is 5.97 Å². The van der Waals surface area contributed by atoms with Crippen LogP contribution in [0.5, 0.6) is 0 Å². The Labute approximate surface area is 131 Å².